The molecular weight excluding hydrogens is 230 g/mol. The van der Waals surface area contributed by atoms with Gasteiger partial charge in [-0.05, 0) is 25.2 Å². The van der Waals surface area contributed by atoms with Crippen LogP contribution in [0.3, 0.4) is 0 Å². The van der Waals surface area contributed by atoms with E-state index in [1.165, 1.54) is 31.7 Å². The van der Waals surface area contributed by atoms with E-state index in [4.69, 9.17) is 5.11 Å². The number of aromatic carboxylic acids is 1. The predicted octanol–water partition coefficient (Wildman–Crippen LogP) is 2.56. The summed E-state index contributed by atoms with van der Waals surface area (Å²) in [7, 11) is 0. The summed E-state index contributed by atoms with van der Waals surface area (Å²) in [5.74, 6) is 0.425. The van der Waals surface area contributed by atoms with Crippen molar-refractivity contribution in [3.63, 3.8) is 0 Å². The van der Waals surface area contributed by atoms with Gasteiger partial charge < -0.3 is 10.4 Å². The normalized spacial score (nSPS) is 24.3. The van der Waals surface area contributed by atoms with Crippen LogP contribution in [0.25, 0.3) is 0 Å². The SMILES string of the molecule is CC1CCCC(Nc2cnc(C(=O)O)cn2)CC1. The zero-order chi connectivity index (χ0) is 13.0. The Bertz CT molecular complexity index is 405. The third kappa shape index (κ3) is 3.42. The second-order valence-corrected chi connectivity index (χ2v) is 5.05. The highest BCUT2D eigenvalue weighted by Gasteiger charge is 2.16. The molecule has 0 spiro atoms. The maximum atomic E-state index is 10.7. The van der Waals surface area contributed by atoms with Crippen LogP contribution in [0.4, 0.5) is 5.82 Å². The van der Waals surface area contributed by atoms with Gasteiger partial charge >= 0.3 is 5.97 Å². The maximum absolute atomic E-state index is 10.7. The lowest BCUT2D eigenvalue weighted by Gasteiger charge is -2.16. The van der Waals surface area contributed by atoms with E-state index in [-0.39, 0.29) is 5.69 Å². The number of hydrogen-bond acceptors (Lipinski definition) is 4. The minimum absolute atomic E-state index is 0.0185. The van der Waals surface area contributed by atoms with Crippen molar-refractivity contribution in [1.82, 2.24) is 9.97 Å². The van der Waals surface area contributed by atoms with E-state index in [0.717, 1.165) is 18.8 Å². The number of hydrogen-bond donors (Lipinski definition) is 2. The number of nitrogens with zero attached hydrogens (tertiary/aromatic N) is 2. The third-order valence-corrected chi connectivity index (χ3v) is 3.48. The van der Waals surface area contributed by atoms with Gasteiger partial charge in [-0.15, -0.1) is 0 Å². The summed E-state index contributed by atoms with van der Waals surface area (Å²) in [6.45, 7) is 2.30. The van der Waals surface area contributed by atoms with Gasteiger partial charge in [0.1, 0.15) is 5.82 Å². The number of carboxylic acid groups (broad SMARTS) is 1. The smallest absolute Gasteiger partial charge is 0.356 e. The highest BCUT2D eigenvalue weighted by atomic mass is 16.4. The zero-order valence-corrected chi connectivity index (χ0v) is 10.6. The molecule has 2 atom stereocenters. The fourth-order valence-corrected chi connectivity index (χ4v) is 2.35. The summed E-state index contributed by atoms with van der Waals surface area (Å²) >= 11 is 0. The molecule has 0 amide bonds. The molecule has 5 nitrogen and oxygen atoms in total. The summed E-state index contributed by atoms with van der Waals surface area (Å²) in [6.07, 6.45) is 8.84. The molecule has 0 bridgehead atoms. The zero-order valence-electron chi connectivity index (χ0n) is 10.6. The summed E-state index contributed by atoms with van der Waals surface area (Å²) in [5.41, 5.74) is -0.0185. The standard InChI is InChI=1S/C13H19N3O2/c1-9-3-2-4-10(6-5-9)16-12-8-14-11(7-15-12)13(17)18/h7-10H,2-6H2,1H3,(H,15,16)(H,17,18). The minimum atomic E-state index is -1.04. The lowest BCUT2D eigenvalue weighted by atomic mass is 10.0. The first-order valence-corrected chi connectivity index (χ1v) is 6.47. The number of aromatic nitrogens is 2. The summed E-state index contributed by atoms with van der Waals surface area (Å²) in [5, 5.41) is 12.1. The lowest BCUT2D eigenvalue weighted by Crippen LogP contribution is -2.19. The Morgan fingerprint density at radius 2 is 2.11 bits per heavy atom. The van der Waals surface area contributed by atoms with Crippen LogP contribution in [0.15, 0.2) is 12.4 Å². The first kappa shape index (κ1) is 12.8. The van der Waals surface area contributed by atoms with Gasteiger partial charge in [-0.2, -0.15) is 0 Å². The number of carbonyl (C=O) groups is 1. The number of nitrogens with one attached hydrogen (secondary N) is 1. The van der Waals surface area contributed by atoms with Crippen LogP contribution in [-0.2, 0) is 0 Å². The highest BCUT2D eigenvalue weighted by molar-refractivity contribution is 5.84. The lowest BCUT2D eigenvalue weighted by molar-refractivity contribution is 0.0690. The van der Waals surface area contributed by atoms with Crippen molar-refractivity contribution >= 4 is 11.8 Å². The minimum Gasteiger partial charge on any atom is -0.476 e. The molecule has 2 N–H and O–H groups in total. The Morgan fingerprint density at radius 1 is 1.28 bits per heavy atom. The average Bonchev–Trinajstić information content (AvgIpc) is 2.55. The number of anilines is 1. The summed E-state index contributed by atoms with van der Waals surface area (Å²) in [6, 6.07) is 0.430. The molecule has 2 unspecified atom stereocenters. The van der Waals surface area contributed by atoms with Gasteiger partial charge in [-0.1, -0.05) is 19.8 Å². The molecule has 98 valence electrons. The molecule has 1 aliphatic carbocycles. The van der Waals surface area contributed by atoms with E-state index >= 15 is 0 Å². The quantitative estimate of drug-likeness (QED) is 0.805. The number of rotatable bonds is 3. The molecule has 1 aliphatic rings. The number of carboxylic acids is 1. The third-order valence-electron chi connectivity index (χ3n) is 3.48. The monoisotopic (exact) mass is 249 g/mol. The molecule has 18 heavy (non-hydrogen) atoms. The van der Waals surface area contributed by atoms with Gasteiger partial charge in [0.25, 0.3) is 0 Å². The Hall–Kier alpha value is -1.65. The van der Waals surface area contributed by atoms with Crippen LogP contribution in [-0.4, -0.2) is 27.1 Å². The van der Waals surface area contributed by atoms with Crippen LogP contribution in [0.1, 0.15) is 49.5 Å². The van der Waals surface area contributed by atoms with Crippen molar-refractivity contribution in [3.05, 3.63) is 18.1 Å². The van der Waals surface area contributed by atoms with E-state index in [2.05, 4.69) is 22.2 Å². The van der Waals surface area contributed by atoms with Crippen molar-refractivity contribution in [2.45, 2.75) is 45.1 Å². The molecular formula is C13H19N3O2. The van der Waals surface area contributed by atoms with Crippen LogP contribution < -0.4 is 5.32 Å². The van der Waals surface area contributed by atoms with Gasteiger partial charge in [0.05, 0.1) is 12.4 Å². The largest absolute Gasteiger partial charge is 0.476 e. The van der Waals surface area contributed by atoms with Gasteiger partial charge in [0, 0.05) is 6.04 Å². The second-order valence-electron chi connectivity index (χ2n) is 5.05. The predicted molar refractivity (Wildman–Crippen MR) is 68.7 cm³/mol. The van der Waals surface area contributed by atoms with E-state index in [1.54, 1.807) is 0 Å². The van der Waals surface area contributed by atoms with E-state index in [9.17, 15) is 4.79 Å². The molecule has 1 aromatic rings. The van der Waals surface area contributed by atoms with Crippen LogP contribution >= 0.6 is 0 Å². The summed E-state index contributed by atoms with van der Waals surface area (Å²) in [4.78, 5) is 18.6. The fraction of sp³-hybridized carbons (Fsp3) is 0.615. The molecule has 0 aromatic carbocycles. The molecule has 1 heterocycles. The Morgan fingerprint density at radius 3 is 2.78 bits per heavy atom. The highest BCUT2D eigenvalue weighted by Crippen LogP contribution is 2.24. The Kier molecular flexibility index (Phi) is 4.12. The molecule has 0 radical (unpaired) electrons. The van der Waals surface area contributed by atoms with Crippen LogP contribution in [0.2, 0.25) is 0 Å². The molecule has 0 aliphatic heterocycles. The van der Waals surface area contributed by atoms with Crippen LogP contribution in [0.5, 0.6) is 0 Å². The van der Waals surface area contributed by atoms with Crippen molar-refractivity contribution in [2.75, 3.05) is 5.32 Å². The van der Waals surface area contributed by atoms with Gasteiger partial charge in [0.15, 0.2) is 5.69 Å². The molecule has 2 rings (SSSR count). The van der Waals surface area contributed by atoms with E-state index < -0.39 is 5.97 Å². The van der Waals surface area contributed by atoms with Gasteiger partial charge in [0.2, 0.25) is 0 Å². The van der Waals surface area contributed by atoms with Crippen molar-refractivity contribution in [1.29, 1.82) is 0 Å². The van der Waals surface area contributed by atoms with E-state index in [0.29, 0.717) is 11.9 Å². The van der Waals surface area contributed by atoms with Gasteiger partial charge in [-0.3, -0.25) is 0 Å². The molecule has 1 fully saturated rings. The molecule has 1 saturated carbocycles. The molecule has 5 heteroatoms. The summed E-state index contributed by atoms with van der Waals surface area (Å²) < 4.78 is 0. The average molecular weight is 249 g/mol. The fourth-order valence-electron chi connectivity index (χ4n) is 2.35. The Balaban J connectivity index is 1.94. The van der Waals surface area contributed by atoms with Crippen molar-refractivity contribution in [3.8, 4) is 0 Å². The molecule has 0 saturated heterocycles. The Labute approximate surface area is 107 Å². The van der Waals surface area contributed by atoms with E-state index in [1.807, 2.05) is 0 Å². The van der Waals surface area contributed by atoms with Gasteiger partial charge in [-0.25, -0.2) is 14.8 Å². The molecule has 1 aromatic heterocycles. The second kappa shape index (κ2) is 5.80. The van der Waals surface area contributed by atoms with Crippen molar-refractivity contribution < 1.29 is 9.90 Å². The first-order chi connectivity index (χ1) is 8.65. The maximum Gasteiger partial charge on any atom is 0.356 e. The topological polar surface area (TPSA) is 75.1 Å². The van der Waals surface area contributed by atoms with Crippen molar-refractivity contribution in [2.24, 2.45) is 5.92 Å². The first-order valence-electron chi connectivity index (χ1n) is 6.47. The van der Waals surface area contributed by atoms with Crippen LogP contribution in [0, 0.1) is 5.92 Å².